The van der Waals surface area contributed by atoms with Gasteiger partial charge in [-0.25, -0.2) is 0 Å². The molecule has 2 unspecified atom stereocenters. The molecule has 0 bridgehead atoms. The molecule has 0 amide bonds. The van der Waals surface area contributed by atoms with Gasteiger partial charge in [0.15, 0.2) is 0 Å². The fourth-order valence-corrected chi connectivity index (χ4v) is 2.50. The van der Waals surface area contributed by atoms with E-state index in [1.54, 1.807) is 0 Å². The molecule has 1 aromatic rings. The molecule has 0 spiro atoms. The van der Waals surface area contributed by atoms with E-state index in [9.17, 15) is 0 Å². The molecule has 19 heavy (non-hydrogen) atoms. The SMILES string of the molecule is CCNC(CC(C)C(C)(C)C)c1cc(C)cc(C)c1. The maximum atomic E-state index is 3.66. The van der Waals surface area contributed by atoms with Crippen molar-refractivity contribution in [1.82, 2.24) is 5.32 Å². The number of aryl methyl sites for hydroxylation is 2. The summed E-state index contributed by atoms with van der Waals surface area (Å²) in [5.74, 6) is 0.692. The van der Waals surface area contributed by atoms with E-state index in [2.05, 4.69) is 72.0 Å². The van der Waals surface area contributed by atoms with E-state index in [-0.39, 0.29) is 0 Å². The lowest BCUT2D eigenvalue weighted by molar-refractivity contribution is 0.224. The van der Waals surface area contributed by atoms with Crippen LogP contribution >= 0.6 is 0 Å². The Morgan fingerprint density at radius 3 is 2.00 bits per heavy atom. The van der Waals surface area contributed by atoms with Crippen molar-refractivity contribution in [2.75, 3.05) is 6.54 Å². The second kappa shape index (κ2) is 6.56. The molecule has 1 aromatic carbocycles. The minimum atomic E-state index is 0.368. The fraction of sp³-hybridized carbons (Fsp3) is 0.667. The van der Waals surface area contributed by atoms with E-state index in [4.69, 9.17) is 0 Å². The molecule has 0 saturated heterocycles. The van der Waals surface area contributed by atoms with E-state index in [0.29, 0.717) is 17.4 Å². The minimum absolute atomic E-state index is 0.368. The molecule has 0 fully saturated rings. The van der Waals surface area contributed by atoms with Crippen LogP contribution in [0, 0.1) is 25.2 Å². The van der Waals surface area contributed by atoms with Crippen molar-refractivity contribution < 1.29 is 0 Å². The van der Waals surface area contributed by atoms with E-state index < -0.39 is 0 Å². The van der Waals surface area contributed by atoms with Crippen LogP contribution in [0.15, 0.2) is 18.2 Å². The number of benzene rings is 1. The second-order valence-electron chi connectivity index (χ2n) is 7.03. The summed E-state index contributed by atoms with van der Waals surface area (Å²) >= 11 is 0. The molecular weight excluding hydrogens is 230 g/mol. The molecule has 1 nitrogen and oxygen atoms in total. The van der Waals surface area contributed by atoms with Crippen molar-refractivity contribution in [1.29, 1.82) is 0 Å². The molecule has 0 aliphatic carbocycles. The Balaban J connectivity index is 2.93. The lowest BCUT2D eigenvalue weighted by Crippen LogP contribution is -2.27. The Hall–Kier alpha value is -0.820. The Kier molecular flexibility index (Phi) is 5.61. The average molecular weight is 261 g/mol. The molecule has 0 aliphatic heterocycles. The van der Waals surface area contributed by atoms with Crippen LogP contribution in [0.3, 0.4) is 0 Å². The Labute approximate surface area is 119 Å². The van der Waals surface area contributed by atoms with Gasteiger partial charge >= 0.3 is 0 Å². The van der Waals surface area contributed by atoms with Crippen LogP contribution < -0.4 is 5.32 Å². The van der Waals surface area contributed by atoms with Crippen molar-refractivity contribution in [3.63, 3.8) is 0 Å². The highest BCUT2D eigenvalue weighted by molar-refractivity contribution is 5.30. The molecule has 0 radical (unpaired) electrons. The zero-order valence-corrected chi connectivity index (χ0v) is 13.8. The van der Waals surface area contributed by atoms with E-state index in [0.717, 1.165) is 6.54 Å². The number of nitrogens with one attached hydrogen (secondary N) is 1. The van der Waals surface area contributed by atoms with Gasteiger partial charge in [-0.1, -0.05) is 63.9 Å². The van der Waals surface area contributed by atoms with Gasteiger partial charge in [0.25, 0.3) is 0 Å². The topological polar surface area (TPSA) is 12.0 Å². The smallest absolute Gasteiger partial charge is 0.0323 e. The first kappa shape index (κ1) is 16.2. The lowest BCUT2D eigenvalue weighted by Gasteiger charge is -2.31. The van der Waals surface area contributed by atoms with E-state index in [1.165, 1.54) is 23.1 Å². The van der Waals surface area contributed by atoms with Crippen LogP contribution in [0.2, 0.25) is 0 Å². The average Bonchev–Trinajstić information content (AvgIpc) is 2.25. The van der Waals surface area contributed by atoms with Gasteiger partial charge in [-0.3, -0.25) is 0 Å². The molecular formula is C18H31N. The highest BCUT2D eigenvalue weighted by atomic mass is 14.9. The third kappa shape index (κ3) is 4.99. The predicted octanol–water partition coefficient (Wildman–Crippen LogP) is 5.03. The third-order valence-corrected chi connectivity index (χ3v) is 4.16. The molecule has 0 saturated carbocycles. The Morgan fingerprint density at radius 2 is 1.58 bits per heavy atom. The van der Waals surface area contributed by atoms with Crippen LogP contribution in [0.4, 0.5) is 0 Å². The lowest BCUT2D eigenvalue weighted by atomic mass is 9.77. The fourth-order valence-electron chi connectivity index (χ4n) is 2.50. The van der Waals surface area contributed by atoms with Gasteiger partial charge in [0.2, 0.25) is 0 Å². The first-order valence-electron chi connectivity index (χ1n) is 7.55. The normalized spacial score (nSPS) is 15.3. The zero-order valence-electron chi connectivity index (χ0n) is 13.8. The molecule has 1 N–H and O–H groups in total. The molecule has 1 heteroatoms. The van der Waals surface area contributed by atoms with E-state index >= 15 is 0 Å². The second-order valence-corrected chi connectivity index (χ2v) is 7.03. The quantitative estimate of drug-likeness (QED) is 0.784. The summed E-state index contributed by atoms with van der Waals surface area (Å²) in [4.78, 5) is 0. The summed E-state index contributed by atoms with van der Waals surface area (Å²) in [6.07, 6.45) is 1.19. The number of rotatable bonds is 5. The van der Waals surface area contributed by atoms with Crippen LogP contribution in [0.5, 0.6) is 0 Å². The first-order valence-corrected chi connectivity index (χ1v) is 7.55. The van der Waals surface area contributed by atoms with Crippen molar-refractivity contribution >= 4 is 0 Å². The van der Waals surface area contributed by atoms with Gasteiger partial charge in [-0.05, 0) is 43.7 Å². The summed E-state index contributed by atoms with van der Waals surface area (Å²) in [5, 5.41) is 3.66. The van der Waals surface area contributed by atoms with Crippen LogP contribution in [0.25, 0.3) is 0 Å². The van der Waals surface area contributed by atoms with Crippen molar-refractivity contribution in [2.45, 2.75) is 60.9 Å². The molecule has 1 rings (SSSR count). The summed E-state index contributed by atoms with van der Waals surface area (Å²) in [6, 6.07) is 7.38. The van der Waals surface area contributed by atoms with Gasteiger partial charge in [0, 0.05) is 6.04 Å². The highest BCUT2D eigenvalue weighted by Gasteiger charge is 2.24. The predicted molar refractivity (Wildman–Crippen MR) is 85.6 cm³/mol. The van der Waals surface area contributed by atoms with Crippen molar-refractivity contribution in [3.05, 3.63) is 34.9 Å². The van der Waals surface area contributed by atoms with Crippen molar-refractivity contribution in [3.8, 4) is 0 Å². The standard InChI is InChI=1S/C18H31N/c1-8-19-17(12-15(4)18(5,6)7)16-10-13(2)9-14(3)11-16/h9-11,15,17,19H,8,12H2,1-7H3. The molecule has 0 aromatic heterocycles. The molecule has 0 aliphatic rings. The molecule has 108 valence electrons. The van der Waals surface area contributed by atoms with Gasteiger partial charge in [0.05, 0.1) is 0 Å². The van der Waals surface area contributed by atoms with E-state index in [1.807, 2.05) is 0 Å². The summed E-state index contributed by atoms with van der Waals surface area (Å²) in [7, 11) is 0. The maximum Gasteiger partial charge on any atom is 0.0323 e. The van der Waals surface area contributed by atoms with Gasteiger partial charge in [0.1, 0.15) is 0 Å². The minimum Gasteiger partial charge on any atom is -0.310 e. The number of hydrogen-bond acceptors (Lipinski definition) is 1. The van der Waals surface area contributed by atoms with Crippen molar-refractivity contribution in [2.24, 2.45) is 11.3 Å². The Morgan fingerprint density at radius 1 is 1.05 bits per heavy atom. The number of hydrogen-bond donors (Lipinski definition) is 1. The summed E-state index contributed by atoms with van der Waals surface area (Å²) < 4.78 is 0. The maximum absolute atomic E-state index is 3.66. The first-order chi connectivity index (χ1) is 8.74. The van der Waals surface area contributed by atoms with Crippen LogP contribution in [-0.4, -0.2) is 6.54 Å². The third-order valence-electron chi connectivity index (χ3n) is 4.16. The highest BCUT2D eigenvalue weighted by Crippen LogP contribution is 2.33. The van der Waals surface area contributed by atoms with Gasteiger partial charge in [-0.15, -0.1) is 0 Å². The summed E-state index contributed by atoms with van der Waals surface area (Å²) in [6.45, 7) is 17.0. The van der Waals surface area contributed by atoms with Crippen LogP contribution in [-0.2, 0) is 0 Å². The summed E-state index contributed by atoms with van der Waals surface area (Å²) in [5.41, 5.74) is 4.53. The monoisotopic (exact) mass is 261 g/mol. The van der Waals surface area contributed by atoms with Gasteiger partial charge < -0.3 is 5.32 Å². The van der Waals surface area contributed by atoms with Gasteiger partial charge in [-0.2, -0.15) is 0 Å². The van der Waals surface area contributed by atoms with Crippen LogP contribution in [0.1, 0.15) is 63.8 Å². The Bertz CT molecular complexity index is 380. The molecule has 0 heterocycles. The zero-order chi connectivity index (χ0) is 14.6. The molecule has 2 atom stereocenters. The largest absolute Gasteiger partial charge is 0.310 e.